The zero-order valence-corrected chi connectivity index (χ0v) is 12.3. The highest BCUT2D eigenvalue weighted by atomic mass is 35.5. The molecule has 0 bridgehead atoms. The molecule has 0 atom stereocenters. The molecule has 0 unspecified atom stereocenters. The molecule has 1 rings (SSSR count). The molecule has 0 saturated carbocycles. The number of hydrogen-bond donors (Lipinski definition) is 2. The summed E-state index contributed by atoms with van der Waals surface area (Å²) in [6.07, 6.45) is 0. The molecule has 0 aliphatic carbocycles. The van der Waals surface area contributed by atoms with Gasteiger partial charge in [0.2, 0.25) is 0 Å². The molecule has 0 saturated heterocycles. The number of esters is 1. The van der Waals surface area contributed by atoms with E-state index in [1.165, 1.54) is 13.2 Å². The van der Waals surface area contributed by atoms with Gasteiger partial charge < -0.3 is 20.5 Å². The van der Waals surface area contributed by atoms with E-state index >= 15 is 0 Å². The van der Waals surface area contributed by atoms with E-state index in [0.29, 0.717) is 28.6 Å². The van der Waals surface area contributed by atoms with Crippen molar-refractivity contribution in [2.75, 3.05) is 31.9 Å². The van der Waals surface area contributed by atoms with Crippen molar-refractivity contribution in [1.82, 2.24) is 0 Å². The van der Waals surface area contributed by atoms with Crippen molar-refractivity contribution in [2.24, 2.45) is 0 Å². The highest BCUT2D eigenvalue weighted by Gasteiger charge is 2.23. The monoisotopic (exact) mass is 286 g/mol. The van der Waals surface area contributed by atoms with Crippen LogP contribution < -0.4 is 11.1 Å². The van der Waals surface area contributed by atoms with Gasteiger partial charge in [0.25, 0.3) is 0 Å². The average molecular weight is 287 g/mol. The number of methoxy groups -OCH3 is 2. The van der Waals surface area contributed by atoms with Gasteiger partial charge in [-0.25, -0.2) is 4.79 Å². The lowest BCUT2D eigenvalue weighted by Crippen LogP contribution is -2.36. The van der Waals surface area contributed by atoms with Gasteiger partial charge in [0, 0.05) is 12.8 Å². The molecule has 0 fully saturated rings. The van der Waals surface area contributed by atoms with Crippen LogP contribution in [0.3, 0.4) is 0 Å². The van der Waals surface area contributed by atoms with Gasteiger partial charge in [-0.05, 0) is 26.0 Å². The number of ether oxygens (including phenoxy) is 2. The maximum atomic E-state index is 11.8. The van der Waals surface area contributed by atoms with Crippen molar-refractivity contribution in [2.45, 2.75) is 19.4 Å². The third-order valence-corrected chi connectivity index (χ3v) is 2.78. The first-order chi connectivity index (χ1) is 8.80. The lowest BCUT2D eigenvalue weighted by atomic mass is 10.0. The second kappa shape index (κ2) is 6.12. The lowest BCUT2D eigenvalue weighted by Gasteiger charge is -2.28. The highest BCUT2D eigenvalue weighted by Crippen LogP contribution is 2.32. The molecule has 0 aliphatic rings. The number of benzene rings is 1. The number of nitrogen functional groups attached to an aromatic ring is 1. The van der Waals surface area contributed by atoms with E-state index in [1.807, 2.05) is 13.8 Å². The Labute approximate surface area is 118 Å². The Bertz CT molecular complexity index is 475. The zero-order chi connectivity index (χ0) is 14.6. The minimum atomic E-state index is -0.495. The fourth-order valence-electron chi connectivity index (χ4n) is 1.76. The van der Waals surface area contributed by atoms with Gasteiger partial charge in [-0.15, -0.1) is 0 Å². The third-order valence-electron chi connectivity index (χ3n) is 2.49. The summed E-state index contributed by atoms with van der Waals surface area (Å²) in [6.45, 7) is 4.32. The van der Waals surface area contributed by atoms with Crippen molar-refractivity contribution in [3.8, 4) is 0 Å². The lowest BCUT2D eigenvalue weighted by molar-refractivity contribution is 0.0601. The minimum Gasteiger partial charge on any atom is -0.465 e. The molecular weight excluding hydrogens is 268 g/mol. The molecule has 6 heteroatoms. The van der Waals surface area contributed by atoms with E-state index in [2.05, 4.69) is 5.32 Å². The van der Waals surface area contributed by atoms with Crippen molar-refractivity contribution >= 4 is 28.9 Å². The Balaban J connectivity index is 3.22. The summed E-state index contributed by atoms with van der Waals surface area (Å²) in [6, 6.07) is 3.11. The van der Waals surface area contributed by atoms with Crippen LogP contribution in [0, 0.1) is 0 Å². The van der Waals surface area contributed by atoms with Gasteiger partial charge in [-0.2, -0.15) is 0 Å². The van der Waals surface area contributed by atoms with Crippen LogP contribution in [0.5, 0.6) is 0 Å². The van der Waals surface area contributed by atoms with E-state index in [9.17, 15) is 4.79 Å². The van der Waals surface area contributed by atoms with Crippen LogP contribution in [0.15, 0.2) is 12.1 Å². The SMILES string of the molecule is COCC(C)(C)Nc1c(Cl)cc(N)cc1C(=O)OC. The molecule has 1 aromatic carbocycles. The van der Waals surface area contributed by atoms with Gasteiger partial charge >= 0.3 is 5.97 Å². The van der Waals surface area contributed by atoms with Crippen LogP contribution >= 0.6 is 11.6 Å². The topological polar surface area (TPSA) is 73.6 Å². The van der Waals surface area contributed by atoms with Crippen molar-refractivity contribution in [1.29, 1.82) is 0 Å². The second-order valence-electron chi connectivity index (χ2n) is 4.86. The number of hydrogen-bond acceptors (Lipinski definition) is 5. The first-order valence-electron chi connectivity index (χ1n) is 5.75. The summed E-state index contributed by atoms with van der Waals surface area (Å²) >= 11 is 6.15. The van der Waals surface area contributed by atoms with Crippen molar-refractivity contribution < 1.29 is 14.3 Å². The first-order valence-corrected chi connectivity index (χ1v) is 6.13. The molecule has 3 N–H and O–H groups in total. The maximum absolute atomic E-state index is 11.8. The standard InChI is InChI=1S/C13H19ClN2O3/c1-13(2,7-18-3)16-11-9(12(17)19-4)5-8(15)6-10(11)14/h5-6,16H,7,15H2,1-4H3. The van der Waals surface area contributed by atoms with Crippen LogP contribution in [0.2, 0.25) is 5.02 Å². The normalized spacial score (nSPS) is 11.2. The van der Waals surface area contributed by atoms with Crippen LogP contribution in [0.4, 0.5) is 11.4 Å². The summed E-state index contributed by atoms with van der Waals surface area (Å²) in [5.74, 6) is -0.495. The predicted octanol–water partition coefficient (Wildman–Crippen LogP) is 2.55. The molecule has 0 amide bonds. The Morgan fingerprint density at radius 2 is 2.05 bits per heavy atom. The molecule has 0 aliphatic heterocycles. The fourth-order valence-corrected chi connectivity index (χ4v) is 2.04. The number of carbonyl (C=O) groups is 1. The highest BCUT2D eigenvalue weighted by molar-refractivity contribution is 6.34. The molecule has 0 heterocycles. The molecule has 1 aromatic rings. The average Bonchev–Trinajstić information content (AvgIpc) is 2.31. The molecule has 106 valence electrons. The number of anilines is 2. The summed E-state index contributed by atoms with van der Waals surface area (Å²) in [7, 11) is 2.92. The van der Waals surface area contributed by atoms with Gasteiger partial charge in [0.1, 0.15) is 0 Å². The first kappa shape index (κ1) is 15.6. The molecule has 0 aromatic heterocycles. The quantitative estimate of drug-likeness (QED) is 0.643. The molecule has 19 heavy (non-hydrogen) atoms. The smallest absolute Gasteiger partial charge is 0.340 e. The minimum absolute atomic E-state index is 0.302. The Morgan fingerprint density at radius 3 is 2.58 bits per heavy atom. The summed E-state index contributed by atoms with van der Waals surface area (Å²) in [5, 5.41) is 3.55. The van der Waals surface area contributed by atoms with Crippen LogP contribution in [0.25, 0.3) is 0 Å². The Morgan fingerprint density at radius 1 is 1.42 bits per heavy atom. The van der Waals surface area contributed by atoms with E-state index in [0.717, 1.165) is 0 Å². The molecule has 0 radical (unpaired) electrons. The van der Waals surface area contributed by atoms with E-state index < -0.39 is 11.5 Å². The summed E-state index contributed by atoms with van der Waals surface area (Å²) in [5.41, 5.74) is 6.50. The molecule has 5 nitrogen and oxygen atoms in total. The Kier molecular flexibility index (Phi) is 5.03. The predicted molar refractivity (Wildman–Crippen MR) is 76.8 cm³/mol. The van der Waals surface area contributed by atoms with Crippen molar-refractivity contribution in [3.05, 3.63) is 22.7 Å². The number of nitrogens with two attached hydrogens (primary N) is 1. The van der Waals surface area contributed by atoms with E-state index in [1.54, 1.807) is 13.2 Å². The number of nitrogens with one attached hydrogen (secondary N) is 1. The van der Waals surface area contributed by atoms with Gasteiger partial charge in [0.05, 0.1) is 35.5 Å². The summed E-state index contributed by atoms with van der Waals surface area (Å²) in [4.78, 5) is 11.8. The molecular formula is C13H19ClN2O3. The largest absolute Gasteiger partial charge is 0.465 e. The summed E-state index contributed by atoms with van der Waals surface area (Å²) < 4.78 is 9.86. The second-order valence-corrected chi connectivity index (χ2v) is 5.27. The van der Waals surface area contributed by atoms with Crippen LogP contribution in [0.1, 0.15) is 24.2 Å². The van der Waals surface area contributed by atoms with Gasteiger partial charge in [0.15, 0.2) is 0 Å². The van der Waals surface area contributed by atoms with E-state index in [-0.39, 0.29) is 0 Å². The number of carbonyl (C=O) groups excluding carboxylic acids is 1. The van der Waals surface area contributed by atoms with E-state index in [4.69, 9.17) is 26.8 Å². The zero-order valence-electron chi connectivity index (χ0n) is 11.5. The van der Waals surface area contributed by atoms with Crippen LogP contribution in [-0.2, 0) is 9.47 Å². The number of rotatable bonds is 5. The van der Waals surface area contributed by atoms with Crippen molar-refractivity contribution in [3.63, 3.8) is 0 Å². The van der Waals surface area contributed by atoms with Gasteiger partial charge in [-0.3, -0.25) is 0 Å². The third kappa shape index (κ3) is 4.01. The fraction of sp³-hybridized carbons (Fsp3) is 0.462. The van der Waals surface area contributed by atoms with Crippen LogP contribution in [-0.4, -0.2) is 32.3 Å². The maximum Gasteiger partial charge on any atom is 0.340 e. The van der Waals surface area contributed by atoms with Gasteiger partial charge in [-0.1, -0.05) is 11.6 Å². The Hall–Kier alpha value is -1.46. The number of halogens is 1. The molecule has 0 spiro atoms.